The molecule has 7 nitrogen and oxygen atoms in total. The summed E-state index contributed by atoms with van der Waals surface area (Å²) in [5.74, 6) is 0.827. The Labute approximate surface area is 126 Å². The molecule has 21 heavy (non-hydrogen) atoms. The molecular weight excluding hydrogens is 290 g/mol. The summed E-state index contributed by atoms with van der Waals surface area (Å²) >= 11 is 0. The lowest BCUT2D eigenvalue weighted by molar-refractivity contribution is 0.382. The fourth-order valence-electron chi connectivity index (χ4n) is 2.25. The third-order valence-electron chi connectivity index (χ3n) is 3.43. The van der Waals surface area contributed by atoms with Crippen LogP contribution in [0.4, 0.5) is 5.95 Å². The van der Waals surface area contributed by atoms with Gasteiger partial charge in [-0.15, -0.1) is 0 Å². The topological polar surface area (TPSA) is 78.4 Å². The summed E-state index contributed by atoms with van der Waals surface area (Å²) in [6, 6.07) is 1.77. The van der Waals surface area contributed by atoms with Crippen LogP contribution in [-0.2, 0) is 10.0 Å². The molecule has 0 amide bonds. The number of nitrogens with one attached hydrogen (secondary N) is 1. The van der Waals surface area contributed by atoms with Gasteiger partial charge >= 0.3 is 0 Å². The van der Waals surface area contributed by atoms with Crippen molar-refractivity contribution in [3.63, 3.8) is 0 Å². The van der Waals surface area contributed by atoms with Gasteiger partial charge in [0.25, 0.3) is 0 Å². The van der Waals surface area contributed by atoms with E-state index in [1.807, 2.05) is 4.90 Å². The predicted octanol–water partition coefficient (Wildman–Crippen LogP) is -0.0720. The lowest BCUT2D eigenvalue weighted by Gasteiger charge is -2.33. The highest BCUT2D eigenvalue weighted by Gasteiger charge is 2.27. The summed E-state index contributed by atoms with van der Waals surface area (Å²) in [4.78, 5) is 10.4. The van der Waals surface area contributed by atoms with Crippen molar-refractivity contribution < 1.29 is 8.42 Å². The zero-order valence-electron chi connectivity index (χ0n) is 12.4. The van der Waals surface area contributed by atoms with Crippen LogP contribution in [0.1, 0.15) is 13.3 Å². The Bertz CT molecular complexity index is 515. The van der Waals surface area contributed by atoms with Crippen LogP contribution >= 0.6 is 0 Å². The van der Waals surface area contributed by atoms with E-state index in [1.54, 1.807) is 22.8 Å². The second kappa shape index (κ2) is 7.67. The first kappa shape index (κ1) is 16.1. The number of aromatic nitrogens is 2. The number of hydrogen-bond acceptors (Lipinski definition) is 6. The molecule has 1 aromatic rings. The average molecular weight is 313 g/mol. The third kappa shape index (κ3) is 4.62. The number of sulfonamides is 1. The summed E-state index contributed by atoms with van der Waals surface area (Å²) in [7, 11) is -3.17. The third-order valence-corrected chi connectivity index (χ3v) is 5.30. The van der Waals surface area contributed by atoms with Crippen LogP contribution in [0.2, 0.25) is 0 Å². The van der Waals surface area contributed by atoms with Crippen LogP contribution in [0.3, 0.4) is 0 Å². The maximum Gasteiger partial charge on any atom is 0.225 e. The molecule has 0 spiro atoms. The molecule has 0 saturated carbocycles. The molecule has 1 saturated heterocycles. The maximum atomic E-state index is 12.2. The van der Waals surface area contributed by atoms with E-state index in [0.717, 1.165) is 13.0 Å². The van der Waals surface area contributed by atoms with Gasteiger partial charge in [0.15, 0.2) is 0 Å². The van der Waals surface area contributed by atoms with Gasteiger partial charge in [0.2, 0.25) is 16.0 Å². The Morgan fingerprint density at radius 3 is 2.43 bits per heavy atom. The van der Waals surface area contributed by atoms with Crippen molar-refractivity contribution in [1.29, 1.82) is 0 Å². The normalized spacial score (nSPS) is 17.1. The predicted molar refractivity (Wildman–Crippen MR) is 82.8 cm³/mol. The first-order valence-electron chi connectivity index (χ1n) is 7.34. The molecule has 118 valence electrons. The van der Waals surface area contributed by atoms with E-state index in [-0.39, 0.29) is 5.75 Å². The molecule has 0 aliphatic carbocycles. The second-order valence-electron chi connectivity index (χ2n) is 5.00. The maximum absolute atomic E-state index is 12.2. The second-order valence-corrected chi connectivity index (χ2v) is 7.09. The van der Waals surface area contributed by atoms with Crippen LogP contribution in [0.5, 0.6) is 0 Å². The van der Waals surface area contributed by atoms with E-state index in [4.69, 9.17) is 0 Å². The molecule has 1 aliphatic heterocycles. The Balaban J connectivity index is 1.83. The molecule has 0 aromatic carbocycles. The van der Waals surface area contributed by atoms with Crippen LogP contribution in [0, 0.1) is 0 Å². The minimum absolute atomic E-state index is 0.162. The minimum Gasteiger partial charge on any atom is -0.338 e. The van der Waals surface area contributed by atoms with Crippen molar-refractivity contribution in [1.82, 2.24) is 19.6 Å². The highest BCUT2D eigenvalue weighted by Crippen LogP contribution is 2.12. The average Bonchev–Trinajstić information content (AvgIpc) is 2.53. The number of anilines is 1. The van der Waals surface area contributed by atoms with Gasteiger partial charge in [0.05, 0.1) is 5.75 Å². The van der Waals surface area contributed by atoms with Gasteiger partial charge in [-0.25, -0.2) is 18.4 Å². The van der Waals surface area contributed by atoms with Crippen LogP contribution in [0.25, 0.3) is 0 Å². The van der Waals surface area contributed by atoms with Gasteiger partial charge in [0, 0.05) is 45.1 Å². The largest absolute Gasteiger partial charge is 0.338 e. The van der Waals surface area contributed by atoms with Gasteiger partial charge in [0.1, 0.15) is 0 Å². The molecule has 2 heterocycles. The van der Waals surface area contributed by atoms with Crippen LogP contribution < -0.4 is 10.2 Å². The Morgan fingerprint density at radius 1 is 1.14 bits per heavy atom. The Kier molecular flexibility index (Phi) is 5.89. The highest BCUT2D eigenvalue weighted by atomic mass is 32.2. The van der Waals surface area contributed by atoms with Gasteiger partial charge in [-0.2, -0.15) is 4.31 Å². The molecule has 1 aromatic heterocycles. The Morgan fingerprint density at radius 2 is 1.81 bits per heavy atom. The molecule has 2 rings (SSSR count). The van der Waals surface area contributed by atoms with Gasteiger partial charge in [-0.05, 0) is 19.0 Å². The van der Waals surface area contributed by atoms with Crippen molar-refractivity contribution in [3.8, 4) is 0 Å². The smallest absolute Gasteiger partial charge is 0.225 e. The fraction of sp³-hybridized carbons (Fsp3) is 0.692. The molecular formula is C13H23N5O2S. The first-order chi connectivity index (χ1) is 10.1. The fourth-order valence-corrected chi connectivity index (χ4v) is 3.63. The van der Waals surface area contributed by atoms with E-state index in [1.165, 1.54) is 0 Å². The summed E-state index contributed by atoms with van der Waals surface area (Å²) in [5, 5.41) is 3.13. The summed E-state index contributed by atoms with van der Waals surface area (Å²) < 4.78 is 26.0. The Hall–Kier alpha value is -1.25. The van der Waals surface area contributed by atoms with E-state index < -0.39 is 10.0 Å². The summed E-state index contributed by atoms with van der Waals surface area (Å²) in [6.45, 7) is 5.68. The molecule has 1 N–H and O–H groups in total. The van der Waals surface area contributed by atoms with Crippen molar-refractivity contribution in [2.24, 2.45) is 0 Å². The van der Waals surface area contributed by atoms with Crippen LogP contribution in [-0.4, -0.2) is 67.7 Å². The first-order valence-corrected chi connectivity index (χ1v) is 8.95. The summed E-state index contributed by atoms with van der Waals surface area (Å²) in [5.41, 5.74) is 0. The zero-order valence-corrected chi connectivity index (χ0v) is 13.2. The SMILES string of the molecule is CCCNCCS(=O)(=O)N1CCN(c2ncccn2)CC1. The number of piperazine rings is 1. The van der Waals surface area contributed by atoms with Gasteiger partial charge in [-0.1, -0.05) is 6.92 Å². The van der Waals surface area contributed by atoms with Crippen molar-refractivity contribution in [3.05, 3.63) is 18.5 Å². The van der Waals surface area contributed by atoms with E-state index in [9.17, 15) is 8.42 Å². The molecule has 1 aliphatic rings. The molecule has 0 radical (unpaired) electrons. The monoisotopic (exact) mass is 313 g/mol. The van der Waals surface area contributed by atoms with Gasteiger partial charge in [-0.3, -0.25) is 0 Å². The number of nitrogens with zero attached hydrogens (tertiary/aromatic N) is 4. The summed E-state index contributed by atoms with van der Waals surface area (Å²) in [6.07, 6.45) is 4.41. The zero-order chi connectivity index (χ0) is 15.1. The van der Waals surface area contributed by atoms with Crippen molar-refractivity contribution in [2.75, 3.05) is 49.9 Å². The van der Waals surface area contributed by atoms with E-state index >= 15 is 0 Å². The molecule has 8 heteroatoms. The molecule has 1 fully saturated rings. The molecule has 0 atom stereocenters. The lowest BCUT2D eigenvalue weighted by Crippen LogP contribution is -2.50. The number of hydrogen-bond donors (Lipinski definition) is 1. The van der Waals surface area contributed by atoms with E-state index in [2.05, 4.69) is 22.2 Å². The molecule has 0 unspecified atom stereocenters. The standard InChI is InChI=1S/C13H23N5O2S/c1-2-4-14-7-12-21(19,20)18-10-8-17(9-11-18)13-15-5-3-6-16-13/h3,5-6,14H,2,4,7-12H2,1H3. The quantitative estimate of drug-likeness (QED) is 0.710. The lowest BCUT2D eigenvalue weighted by atomic mass is 10.4. The number of rotatable bonds is 7. The molecule has 0 bridgehead atoms. The highest BCUT2D eigenvalue weighted by molar-refractivity contribution is 7.89. The minimum atomic E-state index is -3.17. The van der Waals surface area contributed by atoms with Crippen molar-refractivity contribution >= 4 is 16.0 Å². The van der Waals surface area contributed by atoms with E-state index in [0.29, 0.717) is 38.7 Å². The van der Waals surface area contributed by atoms with Crippen molar-refractivity contribution in [2.45, 2.75) is 13.3 Å². The van der Waals surface area contributed by atoms with Gasteiger partial charge < -0.3 is 10.2 Å². The van der Waals surface area contributed by atoms with Crippen LogP contribution in [0.15, 0.2) is 18.5 Å².